The lowest BCUT2D eigenvalue weighted by Crippen LogP contribution is -2.54. The molecule has 1 heterocycles. The van der Waals surface area contributed by atoms with Crippen LogP contribution in [0.25, 0.3) is 16.8 Å². The molecule has 0 saturated carbocycles. The zero-order chi connectivity index (χ0) is 26.8. The SMILES string of the molecule is COc1cc(/C=C2\C(=O)NC(=O)N(c3ccc(O)cc3)C2=O)cc(I)c1OCc1cccc2ccccc12. The third kappa shape index (κ3) is 4.92. The van der Waals surface area contributed by atoms with Gasteiger partial charge in [0.2, 0.25) is 0 Å². The predicted molar refractivity (Wildman–Crippen MR) is 151 cm³/mol. The van der Waals surface area contributed by atoms with E-state index in [0.717, 1.165) is 21.2 Å². The van der Waals surface area contributed by atoms with E-state index in [2.05, 4.69) is 27.9 Å². The number of carbonyl (C=O) groups excluding carboxylic acids is 3. The number of aromatic hydroxyl groups is 1. The molecule has 0 aliphatic carbocycles. The smallest absolute Gasteiger partial charge is 0.335 e. The highest BCUT2D eigenvalue weighted by molar-refractivity contribution is 14.1. The van der Waals surface area contributed by atoms with E-state index >= 15 is 0 Å². The molecule has 2 N–H and O–H groups in total. The number of barbiturate groups is 1. The van der Waals surface area contributed by atoms with E-state index in [0.29, 0.717) is 27.2 Å². The van der Waals surface area contributed by atoms with Crippen molar-refractivity contribution in [2.75, 3.05) is 12.0 Å². The van der Waals surface area contributed by atoms with Gasteiger partial charge < -0.3 is 14.6 Å². The number of anilines is 1. The average molecular weight is 620 g/mol. The number of amides is 4. The number of carbonyl (C=O) groups is 3. The number of hydrogen-bond donors (Lipinski definition) is 2. The van der Waals surface area contributed by atoms with Crippen molar-refractivity contribution in [3.8, 4) is 17.2 Å². The van der Waals surface area contributed by atoms with Gasteiger partial charge in [-0.1, -0.05) is 42.5 Å². The van der Waals surface area contributed by atoms with Crippen LogP contribution < -0.4 is 19.7 Å². The zero-order valence-electron chi connectivity index (χ0n) is 20.1. The third-order valence-electron chi connectivity index (χ3n) is 6.02. The highest BCUT2D eigenvalue weighted by atomic mass is 127. The number of hydrogen-bond acceptors (Lipinski definition) is 6. The Bertz CT molecular complexity index is 1610. The summed E-state index contributed by atoms with van der Waals surface area (Å²) in [6, 6.07) is 22.2. The summed E-state index contributed by atoms with van der Waals surface area (Å²) in [6.07, 6.45) is 1.40. The second-order valence-electron chi connectivity index (χ2n) is 8.44. The van der Waals surface area contributed by atoms with Crippen molar-refractivity contribution in [2.24, 2.45) is 0 Å². The third-order valence-corrected chi connectivity index (χ3v) is 6.83. The van der Waals surface area contributed by atoms with E-state index in [4.69, 9.17) is 9.47 Å². The molecule has 0 unspecified atom stereocenters. The number of benzene rings is 4. The van der Waals surface area contributed by atoms with Gasteiger partial charge in [-0.3, -0.25) is 14.9 Å². The number of rotatable bonds is 6. The van der Waals surface area contributed by atoms with Gasteiger partial charge in [0.15, 0.2) is 11.5 Å². The maximum Gasteiger partial charge on any atom is 0.335 e. The number of imide groups is 2. The fraction of sp³-hybridized carbons (Fsp3) is 0.0690. The Morgan fingerprint density at radius 2 is 1.71 bits per heavy atom. The van der Waals surface area contributed by atoms with Crippen LogP contribution in [0.4, 0.5) is 10.5 Å². The van der Waals surface area contributed by atoms with E-state index in [1.54, 1.807) is 12.1 Å². The van der Waals surface area contributed by atoms with Crippen molar-refractivity contribution >= 4 is 63.0 Å². The number of methoxy groups -OCH3 is 1. The lowest BCUT2D eigenvalue weighted by molar-refractivity contribution is -0.122. The standard InChI is InChI=1S/C29H21IN2O6/c1-37-25-15-17(13-23-27(34)31-29(36)32(28(23)35)20-9-11-21(33)12-10-20)14-24(30)26(25)38-16-19-7-4-6-18-5-2-3-8-22(18)19/h2-15,33H,16H2,1H3,(H,31,34,36)/b23-13+. The molecule has 5 rings (SSSR count). The summed E-state index contributed by atoms with van der Waals surface area (Å²) in [6.45, 7) is 0.318. The fourth-order valence-corrected chi connectivity index (χ4v) is 4.97. The van der Waals surface area contributed by atoms with Crippen molar-refractivity contribution in [1.82, 2.24) is 5.32 Å². The number of halogens is 1. The zero-order valence-corrected chi connectivity index (χ0v) is 22.3. The first-order valence-electron chi connectivity index (χ1n) is 11.5. The minimum atomic E-state index is -0.868. The number of phenols is 1. The van der Waals surface area contributed by atoms with Gasteiger partial charge >= 0.3 is 6.03 Å². The van der Waals surface area contributed by atoms with E-state index in [-0.39, 0.29) is 17.0 Å². The molecule has 0 spiro atoms. The Morgan fingerprint density at radius 3 is 2.47 bits per heavy atom. The molecule has 4 amide bonds. The quantitative estimate of drug-likeness (QED) is 0.170. The summed E-state index contributed by atoms with van der Waals surface area (Å²) in [5.74, 6) is -0.646. The van der Waals surface area contributed by atoms with E-state index < -0.39 is 17.8 Å². The molecule has 190 valence electrons. The number of ether oxygens (including phenoxy) is 2. The van der Waals surface area contributed by atoms with Gasteiger partial charge in [-0.25, -0.2) is 9.69 Å². The van der Waals surface area contributed by atoms with Crippen molar-refractivity contribution in [3.05, 3.63) is 99.1 Å². The maximum atomic E-state index is 13.2. The van der Waals surface area contributed by atoms with Crippen LogP contribution in [-0.4, -0.2) is 30.1 Å². The van der Waals surface area contributed by atoms with Crippen LogP contribution in [0.5, 0.6) is 17.2 Å². The molecule has 1 saturated heterocycles. The van der Waals surface area contributed by atoms with Crippen molar-refractivity contribution in [1.29, 1.82) is 0 Å². The Morgan fingerprint density at radius 1 is 0.974 bits per heavy atom. The molecule has 0 radical (unpaired) electrons. The molecule has 0 atom stereocenters. The first-order valence-corrected chi connectivity index (χ1v) is 12.6. The summed E-state index contributed by atoms with van der Waals surface area (Å²) < 4.78 is 12.4. The van der Waals surface area contributed by atoms with Crippen molar-refractivity contribution < 1.29 is 29.0 Å². The van der Waals surface area contributed by atoms with Gasteiger partial charge in [0, 0.05) is 0 Å². The summed E-state index contributed by atoms with van der Waals surface area (Å²) in [5.41, 5.74) is 1.53. The predicted octanol–water partition coefficient (Wildman–Crippen LogP) is 5.40. The summed E-state index contributed by atoms with van der Waals surface area (Å²) in [7, 11) is 1.51. The Balaban J connectivity index is 1.44. The lowest BCUT2D eigenvalue weighted by Gasteiger charge is -2.26. The molecule has 1 aliphatic rings. The minimum Gasteiger partial charge on any atom is -0.508 e. The molecule has 0 bridgehead atoms. The van der Waals surface area contributed by atoms with E-state index in [1.165, 1.54) is 37.5 Å². The van der Waals surface area contributed by atoms with Crippen LogP contribution in [-0.2, 0) is 16.2 Å². The monoisotopic (exact) mass is 620 g/mol. The second kappa shape index (κ2) is 10.5. The summed E-state index contributed by atoms with van der Waals surface area (Å²) in [4.78, 5) is 39.0. The molecule has 1 fully saturated rings. The molecule has 1 aliphatic heterocycles. The Kier molecular flexibility index (Phi) is 7.01. The van der Waals surface area contributed by atoms with Gasteiger partial charge in [-0.2, -0.15) is 0 Å². The number of fused-ring (bicyclic) bond motifs is 1. The first kappa shape index (κ1) is 25.3. The molecule has 4 aromatic carbocycles. The van der Waals surface area contributed by atoms with E-state index in [9.17, 15) is 19.5 Å². The van der Waals surface area contributed by atoms with Crippen molar-refractivity contribution in [2.45, 2.75) is 6.61 Å². The average Bonchev–Trinajstić information content (AvgIpc) is 2.91. The largest absolute Gasteiger partial charge is 0.508 e. The summed E-state index contributed by atoms with van der Waals surface area (Å²) >= 11 is 2.11. The van der Waals surface area contributed by atoms with Gasteiger partial charge in [0.05, 0.1) is 16.4 Å². The molecule has 38 heavy (non-hydrogen) atoms. The van der Waals surface area contributed by atoms with Gasteiger partial charge in [0.1, 0.15) is 17.9 Å². The molecule has 4 aromatic rings. The fourth-order valence-electron chi connectivity index (χ4n) is 4.19. The van der Waals surface area contributed by atoms with Crippen LogP contribution in [0.1, 0.15) is 11.1 Å². The normalized spacial score (nSPS) is 14.6. The topological polar surface area (TPSA) is 105 Å². The Labute approximate surface area is 231 Å². The molecular weight excluding hydrogens is 599 g/mol. The van der Waals surface area contributed by atoms with Crippen LogP contribution in [0.2, 0.25) is 0 Å². The minimum absolute atomic E-state index is 0.0186. The molecule has 0 aromatic heterocycles. The first-order chi connectivity index (χ1) is 18.4. The number of nitrogens with one attached hydrogen (secondary N) is 1. The number of urea groups is 1. The van der Waals surface area contributed by atoms with Crippen LogP contribution in [0.3, 0.4) is 0 Å². The summed E-state index contributed by atoms with van der Waals surface area (Å²) in [5, 5.41) is 13.9. The van der Waals surface area contributed by atoms with Gasteiger partial charge in [-0.05, 0) is 87.0 Å². The highest BCUT2D eigenvalue weighted by Gasteiger charge is 2.36. The van der Waals surface area contributed by atoms with E-state index in [1.807, 2.05) is 42.5 Å². The molecular formula is C29H21IN2O6. The second-order valence-corrected chi connectivity index (χ2v) is 9.60. The van der Waals surface area contributed by atoms with Gasteiger partial charge in [0.25, 0.3) is 11.8 Å². The van der Waals surface area contributed by atoms with Gasteiger partial charge in [-0.15, -0.1) is 0 Å². The van der Waals surface area contributed by atoms with Crippen molar-refractivity contribution in [3.63, 3.8) is 0 Å². The lowest BCUT2D eigenvalue weighted by atomic mass is 10.1. The highest BCUT2D eigenvalue weighted by Crippen LogP contribution is 2.36. The number of phenolic OH excluding ortho intramolecular Hbond substituents is 1. The molecule has 8 nitrogen and oxygen atoms in total. The van der Waals surface area contributed by atoms with Crippen LogP contribution >= 0.6 is 22.6 Å². The Hall–Kier alpha value is -4.38. The maximum absolute atomic E-state index is 13.2. The van der Waals surface area contributed by atoms with Crippen LogP contribution in [0, 0.1) is 3.57 Å². The molecule has 9 heteroatoms. The van der Waals surface area contributed by atoms with Crippen LogP contribution in [0.15, 0.2) is 84.4 Å². The number of nitrogens with zero attached hydrogens (tertiary/aromatic N) is 1.